The number of nitrogens with one attached hydrogen (secondary N) is 1. The second-order valence-electron chi connectivity index (χ2n) is 4.65. The summed E-state index contributed by atoms with van der Waals surface area (Å²) in [5.74, 6) is -0.270. The number of hydrogen-bond donors (Lipinski definition) is 1. The van der Waals surface area contributed by atoms with Crippen LogP contribution < -0.4 is 5.32 Å². The summed E-state index contributed by atoms with van der Waals surface area (Å²) in [7, 11) is 0. The van der Waals surface area contributed by atoms with Gasteiger partial charge in [0.1, 0.15) is 11.5 Å². The van der Waals surface area contributed by atoms with Crippen molar-refractivity contribution in [3.63, 3.8) is 0 Å². The summed E-state index contributed by atoms with van der Waals surface area (Å²) in [6.45, 7) is 1.93. The molecule has 0 fully saturated rings. The highest BCUT2D eigenvalue weighted by atomic mass is 19.1. The zero-order valence-electron chi connectivity index (χ0n) is 11.0. The van der Waals surface area contributed by atoms with E-state index in [2.05, 4.69) is 5.32 Å². The molecule has 0 radical (unpaired) electrons. The van der Waals surface area contributed by atoms with Gasteiger partial charge in [0.25, 0.3) is 5.69 Å². The highest BCUT2D eigenvalue weighted by Crippen LogP contribution is 2.24. The summed E-state index contributed by atoms with van der Waals surface area (Å²) in [5, 5.41) is 14.0. The van der Waals surface area contributed by atoms with E-state index < -0.39 is 4.92 Å². The molecule has 0 heterocycles. The van der Waals surface area contributed by atoms with Crippen LogP contribution in [0.1, 0.15) is 12.5 Å². The van der Waals surface area contributed by atoms with Crippen molar-refractivity contribution in [2.75, 3.05) is 5.32 Å². The zero-order chi connectivity index (χ0) is 14.5. The Bertz CT molecular complexity index is 599. The number of rotatable bonds is 5. The maximum Gasteiger partial charge on any atom is 0.292 e. The van der Waals surface area contributed by atoms with Crippen LogP contribution in [0.5, 0.6) is 0 Å². The molecule has 2 aromatic rings. The van der Waals surface area contributed by atoms with E-state index in [4.69, 9.17) is 0 Å². The van der Waals surface area contributed by atoms with Crippen molar-refractivity contribution >= 4 is 11.4 Å². The van der Waals surface area contributed by atoms with Gasteiger partial charge in [-0.3, -0.25) is 10.1 Å². The molecule has 104 valence electrons. The molecule has 1 N–H and O–H groups in total. The standard InChI is InChI=1S/C15H15FN2O2/c1-11(10-12-6-8-13(16)9-7-12)17-14-4-2-3-5-15(14)18(19)20/h2-9,11,17H,10H2,1H3. The molecule has 2 aromatic carbocycles. The molecule has 0 bridgehead atoms. The molecule has 20 heavy (non-hydrogen) atoms. The van der Waals surface area contributed by atoms with Gasteiger partial charge >= 0.3 is 0 Å². The fraction of sp³-hybridized carbons (Fsp3) is 0.200. The fourth-order valence-corrected chi connectivity index (χ4v) is 2.05. The number of benzene rings is 2. The van der Waals surface area contributed by atoms with Crippen LogP contribution in [0.3, 0.4) is 0 Å². The molecule has 1 unspecified atom stereocenters. The number of anilines is 1. The predicted octanol–water partition coefficient (Wildman–Crippen LogP) is 3.78. The van der Waals surface area contributed by atoms with Gasteiger partial charge in [0.15, 0.2) is 0 Å². The second-order valence-corrected chi connectivity index (χ2v) is 4.65. The van der Waals surface area contributed by atoms with Gasteiger partial charge in [-0.25, -0.2) is 4.39 Å². The number of nitro groups is 1. The molecular weight excluding hydrogens is 259 g/mol. The number of nitro benzene ring substituents is 1. The maximum absolute atomic E-state index is 12.8. The van der Waals surface area contributed by atoms with E-state index in [1.54, 1.807) is 30.3 Å². The monoisotopic (exact) mass is 274 g/mol. The van der Waals surface area contributed by atoms with Gasteiger partial charge in [-0.2, -0.15) is 0 Å². The van der Waals surface area contributed by atoms with Crippen molar-refractivity contribution < 1.29 is 9.31 Å². The number of nitrogens with zero attached hydrogens (tertiary/aromatic N) is 1. The normalized spacial score (nSPS) is 11.9. The van der Waals surface area contributed by atoms with Crippen LogP contribution in [0.25, 0.3) is 0 Å². The van der Waals surface area contributed by atoms with Crippen molar-refractivity contribution in [2.45, 2.75) is 19.4 Å². The number of hydrogen-bond acceptors (Lipinski definition) is 3. The minimum Gasteiger partial charge on any atom is -0.377 e. The molecule has 2 rings (SSSR count). The fourth-order valence-electron chi connectivity index (χ4n) is 2.05. The van der Waals surface area contributed by atoms with E-state index in [-0.39, 0.29) is 17.5 Å². The number of para-hydroxylation sites is 2. The Labute approximate surface area is 116 Å². The van der Waals surface area contributed by atoms with Crippen LogP contribution in [0.4, 0.5) is 15.8 Å². The third-order valence-corrected chi connectivity index (χ3v) is 2.96. The predicted molar refractivity (Wildman–Crippen MR) is 76.3 cm³/mol. The summed E-state index contributed by atoms with van der Waals surface area (Å²) in [4.78, 5) is 10.5. The van der Waals surface area contributed by atoms with E-state index in [0.29, 0.717) is 12.1 Å². The van der Waals surface area contributed by atoms with Gasteiger partial charge in [-0.15, -0.1) is 0 Å². The Morgan fingerprint density at radius 3 is 2.50 bits per heavy atom. The molecule has 0 aliphatic heterocycles. The summed E-state index contributed by atoms with van der Waals surface area (Å²) >= 11 is 0. The first-order valence-corrected chi connectivity index (χ1v) is 6.30. The first-order valence-electron chi connectivity index (χ1n) is 6.30. The maximum atomic E-state index is 12.8. The molecule has 0 saturated carbocycles. The lowest BCUT2D eigenvalue weighted by Gasteiger charge is -2.15. The van der Waals surface area contributed by atoms with Crippen molar-refractivity contribution in [3.8, 4) is 0 Å². The van der Waals surface area contributed by atoms with E-state index in [9.17, 15) is 14.5 Å². The molecule has 0 amide bonds. The third-order valence-electron chi connectivity index (χ3n) is 2.96. The largest absolute Gasteiger partial charge is 0.377 e. The van der Waals surface area contributed by atoms with Crippen LogP contribution in [0.15, 0.2) is 48.5 Å². The van der Waals surface area contributed by atoms with E-state index in [1.807, 2.05) is 6.92 Å². The smallest absolute Gasteiger partial charge is 0.292 e. The second kappa shape index (κ2) is 6.14. The lowest BCUT2D eigenvalue weighted by molar-refractivity contribution is -0.384. The zero-order valence-corrected chi connectivity index (χ0v) is 11.0. The van der Waals surface area contributed by atoms with E-state index in [0.717, 1.165) is 5.56 Å². The molecule has 0 aliphatic rings. The van der Waals surface area contributed by atoms with Crippen molar-refractivity contribution in [2.24, 2.45) is 0 Å². The Kier molecular flexibility index (Phi) is 4.30. The van der Waals surface area contributed by atoms with Crippen LogP contribution >= 0.6 is 0 Å². The Morgan fingerprint density at radius 1 is 1.20 bits per heavy atom. The first kappa shape index (κ1) is 14.0. The van der Waals surface area contributed by atoms with Crippen LogP contribution in [0.2, 0.25) is 0 Å². The highest BCUT2D eigenvalue weighted by molar-refractivity contribution is 5.61. The summed E-state index contributed by atoms with van der Waals surface area (Å²) in [6, 6.07) is 12.8. The Balaban J connectivity index is 2.06. The van der Waals surface area contributed by atoms with Crippen molar-refractivity contribution in [3.05, 3.63) is 70.0 Å². The van der Waals surface area contributed by atoms with Crippen molar-refractivity contribution in [1.82, 2.24) is 0 Å². The lowest BCUT2D eigenvalue weighted by atomic mass is 10.1. The van der Waals surface area contributed by atoms with Gasteiger partial charge in [-0.1, -0.05) is 24.3 Å². The van der Waals surface area contributed by atoms with Gasteiger partial charge in [-0.05, 0) is 37.1 Å². The molecule has 0 aliphatic carbocycles. The lowest BCUT2D eigenvalue weighted by Crippen LogP contribution is -2.18. The molecule has 1 atom stereocenters. The Hall–Kier alpha value is -2.43. The molecule has 0 spiro atoms. The molecular formula is C15H15FN2O2. The Morgan fingerprint density at radius 2 is 1.85 bits per heavy atom. The topological polar surface area (TPSA) is 55.2 Å². The van der Waals surface area contributed by atoms with Gasteiger partial charge in [0.2, 0.25) is 0 Å². The summed E-state index contributed by atoms with van der Waals surface area (Å²) in [6.07, 6.45) is 0.659. The quantitative estimate of drug-likeness (QED) is 0.667. The highest BCUT2D eigenvalue weighted by Gasteiger charge is 2.14. The summed E-state index contributed by atoms with van der Waals surface area (Å²) in [5.41, 5.74) is 1.52. The number of halogens is 1. The minimum absolute atomic E-state index is 0.00145. The van der Waals surface area contributed by atoms with Crippen molar-refractivity contribution in [1.29, 1.82) is 0 Å². The molecule has 0 saturated heterocycles. The van der Waals surface area contributed by atoms with Gasteiger partial charge in [0.05, 0.1) is 4.92 Å². The SMILES string of the molecule is CC(Cc1ccc(F)cc1)Nc1ccccc1[N+](=O)[O-]. The first-order chi connectivity index (χ1) is 9.56. The van der Waals surface area contributed by atoms with Gasteiger partial charge < -0.3 is 5.32 Å². The van der Waals surface area contributed by atoms with Crippen LogP contribution in [-0.2, 0) is 6.42 Å². The van der Waals surface area contributed by atoms with E-state index in [1.165, 1.54) is 18.2 Å². The molecule has 4 nitrogen and oxygen atoms in total. The third kappa shape index (κ3) is 3.54. The summed E-state index contributed by atoms with van der Waals surface area (Å²) < 4.78 is 12.8. The van der Waals surface area contributed by atoms with Crippen LogP contribution in [0, 0.1) is 15.9 Å². The van der Waals surface area contributed by atoms with Crippen LogP contribution in [-0.4, -0.2) is 11.0 Å². The molecule has 0 aromatic heterocycles. The average molecular weight is 274 g/mol. The molecule has 5 heteroatoms. The van der Waals surface area contributed by atoms with Gasteiger partial charge in [0, 0.05) is 12.1 Å². The van der Waals surface area contributed by atoms with E-state index >= 15 is 0 Å². The average Bonchev–Trinajstić information content (AvgIpc) is 2.41. The minimum atomic E-state index is -0.410.